The average molecular weight is 504 g/mol. The topological polar surface area (TPSA) is 79.0 Å². The van der Waals surface area contributed by atoms with Crippen molar-refractivity contribution >= 4 is 27.3 Å². The fourth-order valence-corrected chi connectivity index (χ4v) is 6.32. The number of carbonyl (C=O) groups is 1. The molecule has 190 valence electrons. The van der Waals surface area contributed by atoms with E-state index in [9.17, 15) is 17.6 Å². The molecule has 4 rings (SSSR count). The molecule has 0 radical (unpaired) electrons. The Morgan fingerprint density at radius 1 is 1.06 bits per heavy atom. The zero-order valence-electron chi connectivity index (χ0n) is 20.4. The van der Waals surface area contributed by atoms with E-state index in [4.69, 9.17) is 4.74 Å². The minimum absolute atomic E-state index is 0.0150. The Hall–Kier alpha value is -2.49. The summed E-state index contributed by atoms with van der Waals surface area (Å²) in [5.41, 5.74) is 2.28. The number of amides is 1. The van der Waals surface area contributed by atoms with Crippen LogP contribution in [0.3, 0.4) is 0 Å². The van der Waals surface area contributed by atoms with Crippen molar-refractivity contribution in [2.24, 2.45) is 5.92 Å². The number of benzene rings is 2. The van der Waals surface area contributed by atoms with E-state index in [0.717, 1.165) is 61.9 Å². The normalized spacial score (nSPS) is 18.8. The molecule has 1 aliphatic carbocycles. The summed E-state index contributed by atoms with van der Waals surface area (Å²) in [6.45, 7) is 0.909. The van der Waals surface area contributed by atoms with Crippen LogP contribution in [0.4, 0.5) is 15.8 Å². The first-order valence-corrected chi connectivity index (χ1v) is 13.7. The third-order valence-corrected chi connectivity index (χ3v) is 8.61. The van der Waals surface area contributed by atoms with Crippen LogP contribution < -0.4 is 10.2 Å². The Morgan fingerprint density at radius 3 is 2.40 bits per heavy atom. The van der Waals surface area contributed by atoms with Gasteiger partial charge in [-0.2, -0.15) is 4.31 Å². The van der Waals surface area contributed by atoms with Gasteiger partial charge in [0.2, 0.25) is 15.9 Å². The highest BCUT2D eigenvalue weighted by molar-refractivity contribution is 7.89. The van der Waals surface area contributed by atoms with Crippen LogP contribution in [0.25, 0.3) is 0 Å². The van der Waals surface area contributed by atoms with Crippen LogP contribution in [-0.4, -0.2) is 52.0 Å². The van der Waals surface area contributed by atoms with Crippen LogP contribution in [0.5, 0.6) is 0 Å². The molecule has 1 amide bonds. The molecule has 1 aliphatic heterocycles. The Kier molecular flexibility index (Phi) is 8.09. The van der Waals surface area contributed by atoms with Crippen molar-refractivity contribution in [2.75, 3.05) is 37.5 Å². The predicted molar refractivity (Wildman–Crippen MR) is 134 cm³/mol. The summed E-state index contributed by atoms with van der Waals surface area (Å²) < 4.78 is 47.9. The lowest BCUT2D eigenvalue weighted by molar-refractivity contribution is -0.119. The summed E-state index contributed by atoms with van der Waals surface area (Å²) >= 11 is 0. The Balaban J connectivity index is 1.64. The number of nitrogens with zero attached hydrogens (tertiary/aromatic N) is 2. The summed E-state index contributed by atoms with van der Waals surface area (Å²) in [7, 11) is -0.119. The van der Waals surface area contributed by atoms with E-state index in [0.29, 0.717) is 12.3 Å². The lowest BCUT2D eigenvalue weighted by atomic mass is 10.1. The molecular formula is C26H34FN3O4S. The Bertz CT molecular complexity index is 1130. The molecule has 1 saturated heterocycles. The molecule has 7 nitrogen and oxygen atoms in total. The van der Waals surface area contributed by atoms with E-state index in [-0.39, 0.29) is 35.9 Å². The van der Waals surface area contributed by atoms with E-state index in [1.54, 1.807) is 0 Å². The van der Waals surface area contributed by atoms with Crippen molar-refractivity contribution < 1.29 is 22.3 Å². The summed E-state index contributed by atoms with van der Waals surface area (Å²) in [5, 5.41) is 3.02. The molecular weight excluding hydrogens is 469 g/mol. The molecule has 1 heterocycles. The fourth-order valence-electron chi connectivity index (χ4n) is 4.87. The largest absolute Gasteiger partial charge is 0.377 e. The van der Waals surface area contributed by atoms with E-state index < -0.39 is 15.8 Å². The van der Waals surface area contributed by atoms with Gasteiger partial charge in [0.05, 0.1) is 11.0 Å². The highest BCUT2D eigenvalue weighted by atomic mass is 32.2. The van der Waals surface area contributed by atoms with Gasteiger partial charge in [0, 0.05) is 51.1 Å². The molecule has 1 saturated carbocycles. The lowest BCUT2D eigenvalue weighted by Crippen LogP contribution is -2.37. The first-order valence-electron chi connectivity index (χ1n) is 12.2. The first-order chi connectivity index (χ1) is 16.7. The SMILES string of the molecule is CN(C)c1ccc(NC(=O)C2CCCC2)cc1CN(C[C@@H]1CCCO1)S(=O)(=O)c1ccc(F)cc1. The predicted octanol–water partition coefficient (Wildman–Crippen LogP) is 4.39. The van der Waals surface area contributed by atoms with Crippen molar-refractivity contribution in [3.05, 3.63) is 53.8 Å². The van der Waals surface area contributed by atoms with Crippen LogP contribution in [0.2, 0.25) is 0 Å². The molecule has 2 aromatic rings. The first kappa shape index (κ1) is 25.6. The van der Waals surface area contributed by atoms with E-state index >= 15 is 0 Å². The third kappa shape index (κ3) is 6.20. The van der Waals surface area contributed by atoms with Gasteiger partial charge in [-0.3, -0.25) is 4.79 Å². The maximum Gasteiger partial charge on any atom is 0.243 e. The molecule has 35 heavy (non-hydrogen) atoms. The summed E-state index contributed by atoms with van der Waals surface area (Å²) in [6, 6.07) is 10.5. The second-order valence-corrected chi connectivity index (χ2v) is 11.5. The van der Waals surface area contributed by atoms with E-state index in [2.05, 4.69) is 5.32 Å². The molecule has 0 bridgehead atoms. The van der Waals surface area contributed by atoms with Gasteiger partial charge in [-0.05, 0) is 73.7 Å². The molecule has 1 atom stereocenters. The molecule has 0 spiro atoms. The van der Waals surface area contributed by atoms with Crippen molar-refractivity contribution in [1.29, 1.82) is 0 Å². The molecule has 0 unspecified atom stereocenters. The van der Waals surface area contributed by atoms with Gasteiger partial charge in [0.25, 0.3) is 0 Å². The van der Waals surface area contributed by atoms with Crippen LogP contribution in [0, 0.1) is 11.7 Å². The minimum atomic E-state index is -3.91. The second-order valence-electron chi connectivity index (χ2n) is 9.60. The number of hydrogen-bond donors (Lipinski definition) is 1. The number of anilines is 2. The van der Waals surface area contributed by atoms with Gasteiger partial charge in [0.1, 0.15) is 5.82 Å². The number of hydrogen-bond acceptors (Lipinski definition) is 5. The van der Waals surface area contributed by atoms with Crippen LogP contribution in [-0.2, 0) is 26.1 Å². The zero-order chi connectivity index (χ0) is 25.0. The second kappa shape index (κ2) is 11.1. The summed E-state index contributed by atoms with van der Waals surface area (Å²) in [5.74, 6) is -0.446. The number of sulfonamides is 1. The van der Waals surface area contributed by atoms with Crippen molar-refractivity contribution in [3.63, 3.8) is 0 Å². The summed E-state index contributed by atoms with van der Waals surface area (Å²) in [6.07, 6.45) is 5.43. The molecule has 1 N–H and O–H groups in total. The zero-order valence-corrected chi connectivity index (χ0v) is 21.2. The lowest BCUT2D eigenvalue weighted by Gasteiger charge is -2.27. The average Bonchev–Trinajstić information content (AvgIpc) is 3.53. The molecule has 9 heteroatoms. The van der Waals surface area contributed by atoms with Crippen molar-refractivity contribution in [1.82, 2.24) is 4.31 Å². The Morgan fingerprint density at radius 2 is 1.77 bits per heavy atom. The molecule has 2 aromatic carbocycles. The summed E-state index contributed by atoms with van der Waals surface area (Å²) in [4.78, 5) is 14.7. The maximum absolute atomic E-state index is 13.6. The van der Waals surface area contributed by atoms with Gasteiger partial charge in [-0.15, -0.1) is 0 Å². The highest BCUT2D eigenvalue weighted by Gasteiger charge is 2.30. The van der Waals surface area contributed by atoms with Crippen molar-refractivity contribution in [3.8, 4) is 0 Å². The van der Waals surface area contributed by atoms with Gasteiger partial charge in [-0.25, -0.2) is 12.8 Å². The van der Waals surface area contributed by atoms with Crippen molar-refractivity contribution in [2.45, 2.75) is 56.1 Å². The van der Waals surface area contributed by atoms with Gasteiger partial charge in [-0.1, -0.05) is 12.8 Å². The number of halogens is 1. The molecule has 0 aromatic heterocycles. The van der Waals surface area contributed by atoms with Gasteiger partial charge >= 0.3 is 0 Å². The standard InChI is InChI=1S/C26H34FN3O4S/c1-29(2)25-14-11-22(28-26(31)19-6-3-4-7-19)16-20(25)17-30(18-23-8-5-15-34-23)35(32,33)24-12-9-21(27)10-13-24/h9-14,16,19,23H,3-8,15,17-18H2,1-2H3,(H,28,31)/t23-/m0/s1. The third-order valence-electron chi connectivity index (χ3n) is 6.78. The van der Waals surface area contributed by atoms with E-state index in [1.807, 2.05) is 37.2 Å². The van der Waals surface area contributed by atoms with Crippen LogP contribution in [0.15, 0.2) is 47.4 Å². The highest BCUT2D eigenvalue weighted by Crippen LogP contribution is 2.30. The molecule has 2 fully saturated rings. The quantitative estimate of drug-likeness (QED) is 0.549. The van der Waals surface area contributed by atoms with Gasteiger partial charge in [0.15, 0.2) is 0 Å². The maximum atomic E-state index is 13.6. The molecule has 2 aliphatic rings. The number of rotatable bonds is 9. The number of nitrogens with one attached hydrogen (secondary N) is 1. The van der Waals surface area contributed by atoms with Crippen LogP contribution >= 0.6 is 0 Å². The van der Waals surface area contributed by atoms with E-state index in [1.165, 1.54) is 16.4 Å². The number of carbonyl (C=O) groups excluding carboxylic acids is 1. The monoisotopic (exact) mass is 503 g/mol. The minimum Gasteiger partial charge on any atom is -0.377 e. The number of ether oxygens (including phenoxy) is 1. The Labute approximate surface area is 207 Å². The van der Waals surface area contributed by atoms with Gasteiger partial charge < -0.3 is 15.0 Å². The van der Waals surface area contributed by atoms with Crippen LogP contribution in [0.1, 0.15) is 44.1 Å². The fraction of sp³-hybridized carbons (Fsp3) is 0.500. The smallest absolute Gasteiger partial charge is 0.243 e.